The van der Waals surface area contributed by atoms with Gasteiger partial charge >= 0.3 is 0 Å². The number of aryl methyl sites for hydroxylation is 2. The van der Waals surface area contributed by atoms with Gasteiger partial charge in [-0.1, -0.05) is 19.4 Å². The highest BCUT2D eigenvalue weighted by atomic mass is 79.9. The predicted molar refractivity (Wildman–Crippen MR) is 87.0 cm³/mol. The Morgan fingerprint density at radius 2 is 1.95 bits per heavy atom. The third-order valence-electron chi connectivity index (χ3n) is 2.85. The Morgan fingerprint density at radius 1 is 1.26 bits per heavy atom. The molecule has 2 rings (SSSR count). The lowest BCUT2D eigenvalue weighted by Gasteiger charge is -2.12. The van der Waals surface area contributed by atoms with Crippen LogP contribution in [-0.4, -0.2) is 9.55 Å². The minimum Gasteiger partial charge on any atom is -0.324 e. The van der Waals surface area contributed by atoms with E-state index in [1.54, 1.807) is 0 Å². The van der Waals surface area contributed by atoms with Gasteiger partial charge in [-0.05, 0) is 57.3 Å². The maximum absolute atomic E-state index is 4.55. The van der Waals surface area contributed by atoms with E-state index in [1.807, 2.05) is 25.1 Å². The number of hydrogen-bond donors (Lipinski definition) is 1. The fourth-order valence-electron chi connectivity index (χ4n) is 1.87. The van der Waals surface area contributed by atoms with Crippen molar-refractivity contribution >= 4 is 43.5 Å². The SMILES string of the molecule is CCCCn1cc(C)nc1Nc1c(Br)cccc1Br. The van der Waals surface area contributed by atoms with Crippen molar-refractivity contribution in [3.63, 3.8) is 0 Å². The third kappa shape index (κ3) is 3.60. The highest BCUT2D eigenvalue weighted by Gasteiger charge is 2.10. The van der Waals surface area contributed by atoms with Crippen LogP contribution in [-0.2, 0) is 6.54 Å². The van der Waals surface area contributed by atoms with Crippen molar-refractivity contribution in [2.45, 2.75) is 33.2 Å². The molecule has 19 heavy (non-hydrogen) atoms. The maximum atomic E-state index is 4.55. The van der Waals surface area contributed by atoms with Gasteiger partial charge in [0.25, 0.3) is 0 Å². The van der Waals surface area contributed by atoms with Crippen molar-refractivity contribution in [3.05, 3.63) is 39.0 Å². The molecule has 0 saturated heterocycles. The van der Waals surface area contributed by atoms with Crippen molar-refractivity contribution < 1.29 is 0 Å². The Morgan fingerprint density at radius 3 is 2.58 bits per heavy atom. The lowest BCUT2D eigenvalue weighted by molar-refractivity contribution is 0.637. The first-order chi connectivity index (χ1) is 9.11. The molecule has 1 heterocycles. The summed E-state index contributed by atoms with van der Waals surface area (Å²) in [6.07, 6.45) is 4.42. The molecule has 0 aliphatic heterocycles. The Balaban J connectivity index is 2.27. The van der Waals surface area contributed by atoms with Crippen molar-refractivity contribution in [2.75, 3.05) is 5.32 Å². The van der Waals surface area contributed by atoms with Crippen LogP contribution in [0, 0.1) is 6.92 Å². The number of benzene rings is 1. The highest BCUT2D eigenvalue weighted by Crippen LogP contribution is 2.32. The fraction of sp³-hybridized carbons (Fsp3) is 0.357. The summed E-state index contributed by atoms with van der Waals surface area (Å²) in [6, 6.07) is 6.02. The molecule has 1 aromatic carbocycles. The van der Waals surface area contributed by atoms with Crippen LogP contribution in [0.3, 0.4) is 0 Å². The maximum Gasteiger partial charge on any atom is 0.207 e. The lowest BCUT2D eigenvalue weighted by Crippen LogP contribution is -2.04. The molecular formula is C14H17Br2N3. The van der Waals surface area contributed by atoms with Crippen LogP contribution in [0.4, 0.5) is 11.6 Å². The van der Waals surface area contributed by atoms with Crippen LogP contribution in [0.1, 0.15) is 25.5 Å². The topological polar surface area (TPSA) is 29.9 Å². The lowest BCUT2D eigenvalue weighted by atomic mass is 10.3. The summed E-state index contributed by atoms with van der Waals surface area (Å²) >= 11 is 7.12. The van der Waals surface area contributed by atoms with Crippen molar-refractivity contribution in [1.82, 2.24) is 9.55 Å². The van der Waals surface area contributed by atoms with E-state index in [2.05, 4.69) is 59.8 Å². The molecule has 3 nitrogen and oxygen atoms in total. The molecule has 0 aliphatic carbocycles. The molecule has 0 amide bonds. The van der Waals surface area contributed by atoms with Crippen LogP contribution in [0.15, 0.2) is 33.3 Å². The number of imidazole rings is 1. The standard InChI is InChI=1S/C14H17Br2N3/c1-3-4-8-19-9-10(2)17-14(19)18-13-11(15)6-5-7-12(13)16/h5-7,9H,3-4,8H2,1-2H3,(H,17,18). The van der Waals surface area contributed by atoms with E-state index in [-0.39, 0.29) is 0 Å². The third-order valence-corrected chi connectivity index (χ3v) is 4.17. The van der Waals surface area contributed by atoms with E-state index in [0.29, 0.717) is 0 Å². The molecule has 0 unspecified atom stereocenters. The summed E-state index contributed by atoms with van der Waals surface area (Å²) in [5.41, 5.74) is 2.03. The minimum absolute atomic E-state index is 0.888. The number of unbranched alkanes of at least 4 members (excludes halogenated alkanes) is 1. The molecule has 0 bridgehead atoms. The van der Waals surface area contributed by atoms with Crippen molar-refractivity contribution in [2.24, 2.45) is 0 Å². The number of rotatable bonds is 5. The number of hydrogen-bond acceptors (Lipinski definition) is 2. The molecule has 1 N–H and O–H groups in total. The average molecular weight is 387 g/mol. The zero-order chi connectivity index (χ0) is 13.8. The molecule has 0 saturated carbocycles. The van der Waals surface area contributed by atoms with Gasteiger partial charge in [-0.3, -0.25) is 0 Å². The van der Waals surface area contributed by atoms with Crippen LogP contribution >= 0.6 is 31.9 Å². The number of halogens is 2. The second-order valence-electron chi connectivity index (χ2n) is 4.47. The van der Waals surface area contributed by atoms with E-state index in [4.69, 9.17) is 0 Å². The molecular weight excluding hydrogens is 370 g/mol. The zero-order valence-electron chi connectivity index (χ0n) is 11.1. The van der Waals surface area contributed by atoms with Gasteiger partial charge < -0.3 is 9.88 Å². The normalized spacial score (nSPS) is 10.7. The largest absolute Gasteiger partial charge is 0.324 e. The summed E-state index contributed by atoms with van der Waals surface area (Å²) in [7, 11) is 0. The average Bonchev–Trinajstić information content (AvgIpc) is 2.72. The summed E-state index contributed by atoms with van der Waals surface area (Å²) in [5.74, 6) is 0.888. The summed E-state index contributed by atoms with van der Waals surface area (Å²) < 4.78 is 4.21. The van der Waals surface area contributed by atoms with E-state index >= 15 is 0 Å². The molecule has 0 aliphatic rings. The number of para-hydroxylation sites is 1. The van der Waals surface area contributed by atoms with Gasteiger partial charge in [0.15, 0.2) is 0 Å². The monoisotopic (exact) mass is 385 g/mol. The molecule has 0 fully saturated rings. The smallest absolute Gasteiger partial charge is 0.207 e. The summed E-state index contributed by atoms with van der Waals surface area (Å²) in [6.45, 7) is 5.20. The first kappa shape index (κ1) is 14.6. The van der Waals surface area contributed by atoms with E-state index < -0.39 is 0 Å². The molecule has 0 spiro atoms. The molecule has 2 aromatic rings. The van der Waals surface area contributed by atoms with E-state index in [1.165, 1.54) is 6.42 Å². The number of nitrogens with zero attached hydrogens (tertiary/aromatic N) is 2. The van der Waals surface area contributed by atoms with Crippen LogP contribution < -0.4 is 5.32 Å². The van der Waals surface area contributed by atoms with Gasteiger partial charge in [0.1, 0.15) is 0 Å². The summed E-state index contributed by atoms with van der Waals surface area (Å²) in [4.78, 5) is 4.55. The highest BCUT2D eigenvalue weighted by molar-refractivity contribution is 9.11. The molecule has 0 atom stereocenters. The quantitative estimate of drug-likeness (QED) is 0.759. The first-order valence-electron chi connectivity index (χ1n) is 6.36. The number of nitrogens with one attached hydrogen (secondary N) is 1. The van der Waals surface area contributed by atoms with Gasteiger partial charge in [-0.15, -0.1) is 0 Å². The minimum atomic E-state index is 0.888. The Hall–Kier alpha value is -0.810. The van der Waals surface area contributed by atoms with Crippen molar-refractivity contribution in [3.8, 4) is 0 Å². The second-order valence-corrected chi connectivity index (χ2v) is 6.18. The van der Waals surface area contributed by atoms with Gasteiger partial charge in [0, 0.05) is 21.7 Å². The predicted octanol–water partition coefficient (Wildman–Crippen LogP) is 5.26. The molecule has 0 radical (unpaired) electrons. The molecule has 102 valence electrons. The Labute approximate surface area is 130 Å². The van der Waals surface area contributed by atoms with Gasteiger partial charge in [0.2, 0.25) is 5.95 Å². The molecule has 5 heteroatoms. The van der Waals surface area contributed by atoms with Crippen LogP contribution in [0.25, 0.3) is 0 Å². The van der Waals surface area contributed by atoms with E-state index in [0.717, 1.165) is 39.2 Å². The Bertz CT molecular complexity index is 544. The number of aromatic nitrogens is 2. The number of anilines is 2. The summed E-state index contributed by atoms with van der Waals surface area (Å²) in [5, 5.41) is 3.40. The van der Waals surface area contributed by atoms with Gasteiger partial charge in [0.05, 0.1) is 11.4 Å². The second kappa shape index (κ2) is 6.57. The van der Waals surface area contributed by atoms with Crippen molar-refractivity contribution in [1.29, 1.82) is 0 Å². The van der Waals surface area contributed by atoms with E-state index in [9.17, 15) is 0 Å². The van der Waals surface area contributed by atoms with Crippen LogP contribution in [0.5, 0.6) is 0 Å². The zero-order valence-corrected chi connectivity index (χ0v) is 14.3. The fourth-order valence-corrected chi connectivity index (χ4v) is 3.07. The first-order valence-corrected chi connectivity index (χ1v) is 7.95. The van der Waals surface area contributed by atoms with Gasteiger partial charge in [-0.2, -0.15) is 0 Å². The van der Waals surface area contributed by atoms with Gasteiger partial charge in [-0.25, -0.2) is 4.98 Å². The Kier molecular flexibility index (Phi) is 5.05. The molecule has 1 aromatic heterocycles. The van der Waals surface area contributed by atoms with Crippen LogP contribution in [0.2, 0.25) is 0 Å².